The number of anilines is 1. The number of aliphatic carboxylic acids is 1. The summed E-state index contributed by atoms with van der Waals surface area (Å²) in [6.07, 6.45) is 1.91. The molecule has 120 valence electrons. The van der Waals surface area contributed by atoms with Crippen molar-refractivity contribution in [2.45, 2.75) is 26.2 Å². The maximum absolute atomic E-state index is 12.9. The lowest BCUT2D eigenvalue weighted by Crippen LogP contribution is -2.49. The van der Waals surface area contributed by atoms with Gasteiger partial charge in [0.1, 0.15) is 0 Å². The monoisotopic (exact) mass is 304 g/mol. The first kappa shape index (κ1) is 16.3. The first-order valence-corrected chi connectivity index (χ1v) is 7.70. The standard InChI is InChI=1S/C17H24N2O3/c1-4-17(16(21)22)10-7-11-19(12-17)15(20)13-8-5-6-9-14(13)18(2)3/h5-6,8-9H,4,7,10-12H2,1-3H3,(H,21,22)/t17-/m0/s1. The molecule has 1 aromatic rings. The van der Waals surface area contributed by atoms with Gasteiger partial charge >= 0.3 is 5.97 Å². The summed E-state index contributed by atoms with van der Waals surface area (Å²) in [6, 6.07) is 7.45. The van der Waals surface area contributed by atoms with Crippen LogP contribution in [-0.4, -0.2) is 49.1 Å². The van der Waals surface area contributed by atoms with Crippen molar-refractivity contribution in [1.82, 2.24) is 4.90 Å². The molecule has 1 atom stereocenters. The van der Waals surface area contributed by atoms with Gasteiger partial charge in [0.15, 0.2) is 0 Å². The molecule has 1 heterocycles. The zero-order valence-electron chi connectivity index (χ0n) is 13.5. The summed E-state index contributed by atoms with van der Waals surface area (Å²) < 4.78 is 0. The molecule has 1 aromatic carbocycles. The van der Waals surface area contributed by atoms with Crippen LogP contribution in [0.4, 0.5) is 5.69 Å². The molecule has 0 aromatic heterocycles. The third kappa shape index (κ3) is 2.93. The highest BCUT2D eigenvalue weighted by molar-refractivity contribution is 6.00. The molecule has 5 nitrogen and oxygen atoms in total. The lowest BCUT2D eigenvalue weighted by atomic mass is 9.77. The fraction of sp³-hybridized carbons (Fsp3) is 0.529. The highest BCUT2D eigenvalue weighted by atomic mass is 16.4. The van der Waals surface area contributed by atoms with E-state index in [0.29, 0.717) is 31.5 Å². The van der Waals surface area contributed by atoms with E-state index in [-0.39, 0.29) is 5.91 Å². The molecule has 0 saturated carbocycles. The van der Waals surface area contributed by atoms with Gasteiger partial charge in [0, 0.05) is 32.9 Å². The van der Waals surface area contributed by atoms with Gasteiger partial charge in [-0.2, -0.15) is 0 Å². The molecule has 2 rings (SSSR count). The van der Waals surface area contributed by atoms with Gasteiger partial charge in [-0.25, -0.2) is 0 Å². The Morgan fingerprint density at radius 2 is 2.00 bits per heavy atom. The van der Waals surface area contributed by atoms with Crippen molar-refractivity contribution >= 4 is 17.6 Å². The maximum Gasteiger partial charge on any atom is 0.311 e. The lowest BCUT2D eigenvalue weighted by molar-refractivity contribution is -0.152. The van der Waals surface area contributed by atoms with E-state index < -0.39 is 11.4 Å². The number of hydrogen-bond acceptors (Lipinski definition) is 3. The summed E-state index contributed by atoms with van der Waals surface area (Å²) in [5.41, 5.74) is 0.682. The molecule has 1 saturated heterocycles. The highest BCUT2D eigenvalue weighted by Crippen LogP contribution is 2.34. The summed E-state index contributed by atoms with van der Waals surface area (Å²) in [5.74, 6) is -0.878. The fourth-order valence-corrected chi connectivity index (χ4v) is 3.13. The Hall–Kier alpha value is -2.04. The second kappa shape index (κ2) is 6.38. The lowest BCUT2D eigenvalue weighted by Gasteiger charge is -2.39. The molecule has 0 bridgehead atoms. The Labute approximate surface area is 131 Å². The van der Waals surface area contributed by atoms with Gasteiger partial charge in [-0.1, -0.05) is 19.1 Å². The van der Waals surface area contributed by atoms with E-state index in [1.165, 1.54) is 0 Å². The van der Waals surface area contributed by atoms with E-state index >= 15 is 0 Å². The number of hydrogen-bond donors (Lipinski definition) is 1. The number of benzene rings is 1. The van der Waals surface area contributed by atoms with E-state index in [2.05, 4.69) is 0 Å². The van der Waals surface area contributed by atoms with Crippen LogP contribution in [0.2, 0.25) is 0 Å². The van der Waals surface area contributed by atoms with E-state index in [9.17, 15) is 14.7 Å². The van der Waals surface area contributed by atoms with Crippen LogP contribution in [0, 0.1) is 5.41 Å². The second-order valence-corrected chi connectivity index (χ2v) is 6.18. The molecule has 22 heavy (non-hydrogen) atoms. The summed E-state index contributed by atoms with van der Waals surface area (Å²) in [7, 11) is 3.80. The molecule has 5 heteroatoms. The van der Waals surface area contributed by atoms with Gasteiger partial charge in [0.25, 0.3) is 5.91 Å². The van der Waals surface area contributed by atoms with E-state index in [1.54, 1.807) is 11.0 Å². The second-order valence-electron chi connectivity index (χ2n) is 6.18. The van der Waals surface area contributed by atoms with Crippen molar-refractivity contribution in [3.05, 3.63) is 29.8 Å². The molecule has 1 amide bonds. The topological polar surface area (TPSA) is 60.9 Å². The SMILES string of the molecule is CC[C@]1(C(=O)O)CCCN(C(=O)c2ccccc2N(C)C)C1. The first-order valence-electron chi connectivity index (χ1n) is 7.70. The Balaban J connectivity index is 2.28. The molecular weight excluding hydrogens is 280 g/mol. The normalized spacial score (nSPS) is 21.5. The van der Waals surface area contributed by atoms with Gasteiger partial charge < -0.3 is 14.9 Å². The van der Waals surface area contributed by atoms with Gasteiger partial charge in [-0.05, 0) is 31.4 Å². The smallest absolute Gasteiger partial charge is 0.311 e. The zero-order chi connectivity index (χ0) is 16.3. The maximum atomic E-state index is 12.9. The average molecular weight is 304 g/mol. The Bertz CT molecular complexity index is 571. The highest BCUT2D eigenvalue weighted by Gasteiger charge is 2.42. The summed E-state index contributed by atoms with van der Waals surface area (Å²) in [4.78, 5) is 28.1. The number of para-hydroxylation sites is 1. The summed E-state index contributed by atoms with van der Waals surface area (Å²) in [6.45, 7) is 2.80. The predicted molar refractivity (Wildman–Crippen MR) is 86.3 cm³/mol. The van der Waals surface area contributed by atoms with Crippen molar-refractivity contribution in [3.63, 3.8) is 0 Å². The number of amides is 1. The van der Waals surface area contributed by atoms with Gasteiger partial charge in [-0.3, -0.25) is 9.59 Å². The third-order valence-corrected chi connectivity index (χ3v) is 4.61. The zero-order valence-corrected chi connectivity index (χ0v) is 13.5. The Morgan fingerprint density at radius 1 is 1.32 bits per heavy atom. The van der Waals surface area contributed by atoms with Gasteiger partial charge in [0.2, 0.25) is 0 Å². The van der Waals surface area contributed by atoms with Crippen molar-refractivity contribution < 1.29 is 14.7 Å². The molecule has 0 unspecified atom stereocenters. The number of rotatable bonds is 4. The molecule has 0 spiro atoms. The third-order valence-electron chi connectivity index (χ3n) is 4.61. The predicted octanol–water partition coefficient (Wildman–Crippen LogP) is 2.47. The summed E-state index contributed by atoms with van der Waals surface area (Å²) in [5, 5.41) is 9.56. The molecule has 1 N–H and O–H groups in total. The van der Waals surface area contributed by atoms with Crippen LogP contribution in [0.1, 0.15) is 36.5 Å². The van der Waals surface area contributed by atoms with Crippen LogP contribution in [0.25, 0.3) is 0 Å². The molecule has 1 aliphatic heterocycles. The number of nitrogens with zero attached hydrogens (tertiary/aromatic N) is 2. The number of piperidine rings is 1. The number of carboxylic acids is 1. The van der Waals surface area contributed by atoms with E-state index in [1.807, 2.05) is 44.1 Å². The minimum absolute atomic E-state index is 0.0805. The molecule has 1 fully saturated rings. The van der Waals surface area contributed by atoms with E-state index in [0.717, 1.165) is 12.1 Å². The van der Waals surface area contributed by atoms with Crippen LogP contribution >= 0.6 is 0 Å². The van der Waals surface area contributed by atoms with Crippen LogP contribution < -0.4 is 4.90 Å². The van der Waals surface area contributed by atoms with Crippen molar-refractivity contribution in [2.24, 2.45) is 5.41 Å². The molecule has 1 aliphatic rings. The number of carbonyl (C=O) groups is 2. The van der Waals surface area contributed by atoms with Crippen molar-refractivity contribution in [1.29, 1.82) is 0 Å². The Kier molecular flexibility index (Phi) is 4.74. The van der Waals surface area contributed by atoms with Gasteiger partial charge in [0.05, 0.1) is 11.0 Å². The average Bonchev–Trinajstić information content (AvgIpc) is 2.53. The quantitative estimate of drug-likeness (QED) is 0.928. The van der Waals surface area contributed by atoms with Crippen LogP contribution in [0.15, 0.2) is 24.3 Å². The minimum Gasteiger partial charge on any atom is -0.481 e. The van der Waals surface area contributed by atoms with Gasteiger partial charge in [-0.15, -0.1) is 0 Å². The van der Waals surface area contributed by atoms with Crippen LogP contribution in [0.5, 0.6) is 0 Å². The molecule has 0 aliphatic carbocycles. The summed E-state index contributed by atoms with van der Waals surface area (Å²) >= 11 is 0. The Morgan fingerprint density at radius 3 is 2.59 bits per heavy atom. The number of carboxylic acid groups (broad SMARTS) is 1. The fourth-order valence-electron chi connectivity index (χ4n) is 3.13. The molecule has 0 radical (unpaired) electrons. The first-order chi connectivity index (χ1) is 10.4. The molecular formula is C17H24N2O3. The van der Waals surface area contributed by atoms with Crippen LogP contribution in [0.3, 0.4) is 0 Å². The van der Waals surface area contributed by atoms with Crippen LogP contribution in [-0.2, 0) is 4.79 Å². The van der Waals surface area contributed by atoms with Crippen molar-refractivity contribution in [3.8, 4) is 0 Å². The number of carbonyl (C=O) groups excluding carboxylic acids is 1. The van der Waals surface area contributed by atoms with Crippen molar-refractivity contribution in [2.75, 3.05) is 32.1 Å². The van der Waals surface area contributed by atoms with E-state index in [4.69, 9.17) is 0 Å². The number of likely N-dealkylation sites (tertiary alicyclic amines) is 1. The largest absolute Gasteiger partial charge is 0.481 e. The minimum atomic E-state index is -0.805.